The van der Waals surface area contributed by atoms with E-state index in [2.05, 4.69) is 10.6 Å². The van der Waals surface area contributed by atoms with E-state index in [1.807, 2.05) is 20.8 Å². The Kier molecular flexibility index (Phi) is 7.19. The number of hydrogen-bond donors (Lipinski definition) is 5. The average Bonchev–Trinajstić information content (AvgIpc) is 2.66. The minimum Gasteiger partial charge on any atom is -0.506 e. The molecule has 0 spiro atoms. The van der Waals surface area contributed by atoms with Crippen molar-refractivity contribution in [3.8, 4) is 11.5 Å². The number of phenolic OH excluding ortho intramolecular Hbond substituents is 1. The molecule has 0 aromatic heterocycles. The minimum atomic E-state index is -0.799. The van der Waals surface area contributed by atoms with Gasteiger partial charge in [-0.2, -0.15) is 0 Å². The van der Waals surface area contributed by atoms with Crippen LogP contribution in [-0.4, -0.2) is 40.7 Å². The molecule has 29 heavy (non-hydrogen) atoms. The van der Waals surface area contributed by atoms with Gasteiger partial charge >= 0.3 is 0 Å². The summed E-state index contributed by atoms with van der Waals surface area (Å²) in [6.45, 7) is 6.05. The van der Waals surface area contributed by atoms with Crippen LogP contribution in [0.2, 0.25) is 0 Å². The highest BCUT2D eigenvalue weighted by molar-refractivity contribution is 6.05. The number of rotatable bonds is 8. The van der Waals surface area contributed by atoms with E-state index in [0.717, 1.165) is 0 Å². The third-order valence-electron chi connectivity index (χ3n) is 3.98. The summed E-state index contributed by atoms with van der Waals surface area (Å²) in [6.07, 6.45) is -0.799. The number of carbonyl (C=O) groups excluding carboxylic acids is 2. The molecular weight excluding hydrogens is 374 g/mol. The topological polar surface area (TPSA) is 134 Å². The maximum Gasteiger partial charge on any atom is 0.255 e. The Morgan fingerprint density at radius 2 is 1.79 bits per heavy atom. The first kappa shape index (κ1) is 22.2. The molecule has 1 atom stereocenters. The average molecular weight is 401 g/mol. The standard InChI is InChI=1S/C21H27N3O5/c1-21(2,3)23-11-18(26)14-6-9-17(25)16(10-14)24-20(28)13-4-7-15(8-5-13)29-12-19(22)27/h4-10,18,23,25-26H,11-12H2,1-3H3,(H2,22,27)(H,24,28). The molecule has 2 amide bonds. The Morgan fingerprint density at radius 1 is 1.14 bits per heavy atom. The van der Waals surface area contributed by atoms with Gasteiger partial charge in [-0.3, -0.25) is 9.59 Å². The molecule has 0 heterocycles. The van der Waals surface area contributed by atoms with E-state index in [1.165, 1.54) is 36.4 Å². The zero-order chi connectivity index (χ0) is 21.6. The second-order valence-electron chi connectivity index (χ2n) is 7.66. The molecule has 2 rings (SSSR count). The molecule has 2 aromatic rings. The molecule has 6 N–H and O–H groups in total. The fourth-order valence-electron chi connectivity index (χ4n) is 2.43. The highest BCUT2D eigenvalue weighted by atomic mass is 16.5. The van der Waals surface area contributed by atoms with Crippen LogP contribution < -0.4 is 21.1 Å². The lowest BCUT2D eigenvalue weighted by Gasteiger charge is -2.23. The summed E-state index contributed by atoms with van der Waals surface area (Å²) in [6, 6.07) is 10.7. The zero-order valence-electron chi connectivity index (χ0n) is 16.7. The van der Waals surface area contributed by atoms with Crippen LogP contribution in [0.15, 0.2) is 42.5 Å². The van der Waals surface area contributed by atoms with Gasteiger partial charge in [-0.25, -0.2) is 0 Å². The highest BCUT2D eigenvalue weighted by Crippen LogP contribution is 2.28. The van der Waals surface area contributed by atoms with Crippen molar-refractivity contribution < 1.29 is 24.5 Å². The van der Waals surface area contributed by atoms with Crippen LogP contribution in [0.25, 0.3) is 0 Å². The van der Waals surface area contributed by atoms with E-state index < -0.39 is 17.9 Å². The van der Waals surface area contributed by atoms with Crippen molar-refractivity contribution in [1.29, 1.82) is 0 Å². The Bertz CT molecular complexity index is 860. The summed E-state index contributed by atoms with van der Waals surface area (Å²) in [4.78, 5) is 23.2. The van der Waals surface area contributed by atoms with E-state index in [9.17, 15) is 19.8 Å². The van der Waals surface area contributed by atoms with Crippen LogP contribution >= 0.6 is 0 Å². The van der Waals surface area contributed by atoms with Gasteiger partial charge in [-0.1, -0.05) is 6.07 Å². The van der Waals surface area contributed by atoms with Crippen LogP contribution in [0.5, 0.6) is 11.5 Å². The summed E-state index contributed by atoms with van der Waals surface area (Å²) in [5.41, 5.74) is 5.95. The van der Waals surface area contributed by atoms with Gasteiger partial charge in [-0.05, 0) is 62.7 Å². The molecule has 0 saturated carbocycles. The summed E-state index contributed by atoms with van der Waals surface area (Å²) >= 11 is 0. The van der Waals surface area contributed by atoms with E-state index in [1.54, 1.807) is 6.07 Å². The third kappa shape index (κ3) is 7.10. The quantitative estimate of drug-likeness (QED) is 0.429. The fraction of sp³-hybridized carbons (Fsp3) is 0.333. The Balaban J connectivity index is 2.06. The fourth-order valence-corrected chi connectivity index (χ4v) is 2.43. The Hall–Kier alpha value is -3.10. The molecule has 0 aliphatic heterocycles. The lowest BCUT2D eigenvalue weighted by Crippen LogP contribution is -2.38. The largest absolute Gasteiger partial charge is 0.506 e. The monoisotopic (exact) mass is 401 g/mol. The summed E-state index contributed by atoms with van der Waals surface area (Å²) in [5.74, 6) is -0.748. The molecule has 8 nitrogen and oxygen atoms in total. The second kappa shape index (κ2) is 9.40. The molecule has 156 valence electrons. The van der Waals surface area contributed by atoms with Crippen LogP contribution in [-0.2, 0) is 4.79 Å². The van der Waals surface area contributed by atoms with E-state index in [4.69, 9.17) is 10.5 Å². The lowest BCUT2D eigenvalue weighted by atomic mass is 10.0. The molecular formula is C21H27N3O5. The van der Waals surface area contributed by atoms with Gasteiger partial charge in [0.25, 0.3) is 11.8 Å². The van der Waals surface area contributed by atoms with Crippen LogP contribution in [0.4, 0.5) is 5.69 Å². The predicted molar refractivity (Wildman–Crippen MR) is 110 cm³/mol. The number of primary amides is 1. The lowest BCUT2D eigenvalue weighted by molar-refractivity contribution is -0.119. The first-order valence-corrected chi connectivity index (χ1v) is 9.13. The predicted octanol–water partition coefficient (Wildman–Crippen LogP) is 1.93. The maximum absolute atomic E-state index is 12.5. The number of aromatic hydroxyl groups is 1. The summed E-state index contributed by atoms with van der Waals surface area (Å²) in [5, 5.41) is 26.3. The van der Waals surface area contributed by atoms with Gasteiger partial charge in [0.1, 0.15) is 11.5 Å². The van der Waals surface area contributed by atoms with Crippen LogP contribution in [0, 0.1) is 0 Å². The molecule has 1 unspecified atom stereocenters. The van der Waals surface area contributed by atoms with Crippen LogP contribution in [0.1, 0.15) is 42.8 Å². The number of amides is 2. The highest BCUT2D eigenvalue weighted by Gasteiger charge is 2.16. The molecule has 8 heteroatoms. The molecule has 0 fully saturated rings. The number of phenols is 1. The normalized spacial score (nSPS) is 12.3. The minimum absolute atomic E-state index is 0.112. The third-order valence-corrected chi connectivity index (χ3v) is 3.98. The number of nitrogens with two attached hydrogens (primary N) is 1. The zero-order valence-corrected chi connectivity index (χ0v) is 16.7. The number of ether oxygens (including phenoxy) is 1. The second-order valence-corrected chi connectivity index (χ2v) is 7.66. The first-order chi connectivity index (χ1) is 13.5. The number of β-amino-alcohol motifs (C(OH)–C–C–N with tert-alkyl or cyclic N) is 1. The van der Waals surface area contributed by atoms with Gasteiger partial charge in [0.2, 0.25) is 0 Å². The first-order valence-electron chi connectivity index (χ1n) is 9.13. The van der Waals surface area contributed by atoms with Crippen molar-refractivity contribution in [1.82, 2.24) is 5.32 Å². The smallest absolute Gasteiger partial charge is 0.255 e. The number of aliphatic hydroxyl groups excluding tert-OH is 1. The van der Waals surface area contributed by atoms with Gasteiger partial charge in [-0.15, -0.1) is 0 Å². The van der Waals surface area contributed by atoms with E-state index >= 15 is 0 Å². The molecule has 2 aromatic carbocycles. The summed E-state index contributed by atoms with van der Waals surface area (Å²) in [7, 11) is 0. The Morgan fingerprint density at radius 3 is 2.38 bits per heavy atom. The Labute approximate surface area is 169 Å². The molecule has 0 aliphatic rings. The van der Waals surface area contributed by atoms with Crippen molar-refractivity contribution in [2.75, 3.05) is 18.5 Å². The number of anilines is 1. The SMILES string of the molecule is CC(C)(C)NCC(O)c1ccc(O)c(NC(=O)c2ccc(OCC(N)=O)cc2)c1. The van der Waals surface area contributed by atoms with Gasteiger partial charge in [0, 0.05) is 17.6 Å². The summed E-state index contributed by atoms with van der Waals surface area (Å²) < 4.78 is 5.15. The van der Waals surface area contributed by atoms with Gasteiger partial charge in [0.05, 0.1) is 11.8 Å². The van der Waals surface area contributed by atoms with E-state index in [-0.39, 0.29) is 23.6 Å². The van der Waals surface area contributed by atoms with Crippen molar-refractivity contribution in [3.63, 3.8) is 0 Å². The number of carbonyl (C=O) groups is 2. The van der Waals surface area contributed by atoms with Crippen molar-refractivity contribution in [3.05, 3.63) is 53.6 Å². The van der Waals surface area contributed by atoms with Crippen molar-refractivity contribution in [2.45, 2.75) is 32.4 Å². The number of hydrogen-bond acceptors (Lipinski definition) is 6. The number of aliphatic hydroxyl groups is 1. The molecule has 0 saturated heterocycles. The van der Waals surface area contributed by atoms with Crippen molar-refractivity contribution >= 4 is 17.5 Å². The molecule has 0 aliphatic carbocycles. The van der Waals surface area contributed by atoms with Crippen LogP contribution in [0.3, 0.4) is 0 Å². The maximum atomic E-state index is 12.5. The van der Waals surface area contributed by atoms with Crippen molar-refractivity contribution in [2.24, 2.45) is 5.73 Å². The number of benzene rings is 2. The van der Waals surface area contributed by atoms with E-state index in [0.29, 0.717) is 23.4 Å². The molecule has 0 bridgehead atoms. The number of nitrogens with one attached hydrogen (secondary N) is 2. The molecule has 0 radical (unpaired) electrons. The van der Waals surface area contributed by atoms with Gasteiger partial charge < -0.3 is 31.3 Å². The van der Waals surface area contributed by atoms with Gasteiger partial charge in [0.15, 0.2) is 6.61 Å².